The molecule has 1 aromatic carbocycles. The van der Waals surface area contributed by atoms with E-state index >= 15 is 0 Å². The van der Waals surface area contributed by atoms with E-state index < -0.39 is 0 Å². The van der Waals surface area contributed by atoms with E-state index in [4.69, 9.17) is 4.42 Å². The van der Waals surface area contributed by atoms with Gasteiger partial charge in [-0.25, -0.2) is 4.39 Å². The van der Waals surface area contributed by atoms with Crippen LogP contribution in [-0.2, 0) is 6.42 Å². The maximum atomic E-state index is 13.5. The number of rotatable bonds is 3. The standard InChI is InChI=1S/C11H10BrFN2O/c1-7-2-3-9(13)8(6-7)11-15-14-10(16-11)4-5-12/h2-3,6H,4-5H2,1H3. The molecule has 0 aliphatic carbocycles. The second-order valence-corrected chi connectivity index (χ2v) is 4.22. The van der Waals surface area contributed by atoms with Crippen LogP contribution in [-0.4, -0.2) is 15.5 Å². The number of alkyl halides is 1. The smallest absolute Gasteiger partial charge is 0.250 e. The van der Waals surface area contributed by atoms with Crippen LogP contribution >= 0.6 is 15.9 Å². The summed E-state index contributed by atoms with van der Waals surface area (Å²) >= 11 is 3.28. The summed E-state index contributed by atoms with van der Waals surface area (Å²) in [5.74, 6) is 0.393. The highest BCUT2D eigenvalue weighted by Crippen LogP contribution is 2.22. The van der Waals surface area contributed by atoms with Gasteiger partial charge in [-0.05, 0) is 19.1 Å². The Bertz CT molecular complexity index is 498. The van der Waals surface area contributed by atoms with Crippen molar-refractivity contribution in [1.29, 1.82) is 0 Å². The summed E-state index contributed by atoms with van der Waals surface area (Å²) in [5, 5.41) is 8.41. The lowest BCUT2D eigenvalue weighted by Crippen LogP contribution is -1.85. The molecule has 0 atom stereocenters. The van der Waals surface area contributed by atoms with Crippen molar-refractivity contribution in [1.82, 2.24) is 10.2 Å². The van der Waals surface area contributed by atoms with E-state index in [1.807, 2.05) is 6.92 Å². The van der Waals surface area contributed by atoms with Gasteiger partial charge < -0.3 is 4.42 Å². The van der Waals surface area contributed by atoms with E-state index in [0.717, 1.165) is 10.9 Å². The van der Waals surface area contributed by atoms with Crippen molar-refractivity contribution in [3.63, 3.8) is 0 Å². The van der Waals surface area contributed by atoms with Gasteiger partial charge in [0.15, 0.2) is 0 Å². The monoisotopic (exact) mass is 284 g/mol. The van der Waals surface area contributed by atoms with Gasteiger partial charge in [0.05, 0.1) is 5.56 Å². The molecular formula is C11H10BrFN2O. The molecule has 0 saturated carbocycles. The number of benzene rings is 1. The predicted octanol–water partition coefficient (Wildman–Crippen LogP) is 3.12. The Hall–Kier alpha value is -1.23. The molecule has 84 valence electrons. The van der Waals surface area contributed by atoms with Crippen molar-refractivity contribution in [3.05, 3.63) is 35.5 Å². The lowest BCUT2D eigenvalue weighted by molar-refractivity contribution is 0.509. The summed E-state index contributed by atoms with van der Waals surface area (Å²) in [5.41, 5.74) is 1.31. The van der Waals surface area contributed by atoms with Gasteiger partial charge in [0.1, 0.15) is 5.82 Å². The minimum atomic E-state index is -0.348. The van der Waals surface area contributed by atoms with E-state index in [1.165, 1.54) is 6.07 Å². The van der Waals surface area contributed by atoms with E-state index in [1.54, 1.807) is 12.1 Å². The fraction of sp³-hybridized carbons (Fsp3) is 0.273. The van der Waals surface area contributed by atoms with Crippen LogP contribution < -0.4 is 0 Å². The van der Waals surface area contributed by atoms with Gasteiger partial charge in [-0.3, -0.25) is 0 Å². The predicted molar refractivity (Wildman–Crippen MR) is 61.9 cm³/mol. The Morgan fingerprint density at radius 1 is 1.38 bits per heavy atom. The minimum Gasteiger partial charge on any atom is -0.421 e. The van der Waals surface area contributed by atoms with E-state index in [0.29, 0.717) is 17.9 Å². The molecule has 0 amide bonds. The van der Waals surface area contributed by atoms with Crippen LogP contribution in [0.2, 0.25) is 0 Å². The average Bonchev–Trinajstić information content (AvgIpc) is 2.71. The van der Waals surface area contributed by atoms with Crippen LogP contribution in [0.3, 0.4) is 0 Å². The maximum Gasteiger partial charge on any atom is 0.250 e. The highest BCUT2D eigenvalue weighted by atomic mass is 79.9. The third-order valence-electron chi connectivity index (χ3n) is 2.13. The van der Waals surface area contributed by atoms with Crippen molar-refractivity contribution in [2.75, 3.05) is 5.33 Å². The fourth-order valence-electron chi connectivity index (χ4n) is 1.35. The SMILES string of the molecule is Cc1ccc(F)c(-c2nnc(CCBr)o2)c1. The van der Waals surface area contributed by atoms with Gasteiger partial charge in [-0.1, -0.05) is 27.6 Å². The quantitative estimate of drug-likeness (QED) is 0.813. The molecule has 2 aromatic rings. The molecule has 5 heteroatoms. The minimum absolute atomic E-state index is 0.233. The molecule has 0 radical (unpaired) electrons. The highest BCUT2D eigenvalue weighted by Gasteiger charge is 2.12. The molecule has 0 saturated heterocycles. The van der Waals surface area contributed by atoms with Crippen molar-refractivity contribution in [2.45, 2.75) is 13.3 Å². The normalized spacial score (nSPS) is 10.7. The number of nitrogens with zero attached hydrogens (tertiary/aromatic N) is 2. The molecule has 1 aromatic heterocycles. The Morgan fingerprint density at radius 2 is 2.19 bits per heavy atom. The van der Waals surface area contributed by atoms with Gasteiger partial charge in [0, 0.05) is 11.8 Å². The first-order chi connectivity index (χ1) is 7.70. The summed E-state index contributed by atoms with van der Waals surface area (Å²) in [7, 11) is 0. The molecule has 0 N–H and O–H groups in total. The Balaban J connectivity index is 2.38. The summed E-state index contributed by atoms with van der Waals surface area (Å²) in [6, 6.07) is 4.80. The maximum absolute atomic E-state index is 13.5. The molecule has 0 fully saturated rings. The zero-order valence-corrected chi connectivity index (χ0v) is 10.3. The lowest BCUT2D eigenvalue weighted by atomic mass is 10.1. The average molecular weight is 285 g/mol. The molecule has 3 nitrogen and oxygen atoms in total. The summed E-state index contributed by atoms with van der Waals surface area (Å²) < 4.78 is 18.9. The summed E-state index contributed by atoms with van der Waals surface area (Å²) in [4.78, 5) is 0. The Kier molecular flexibility index (Phi) is 3.33. The first-order valence-electron chi connectivity index (χ1n) is 4.85. The number of hydrogen-bond donors (Lipinski definition) is 0. The number of aromatic nitrogens is 2. The zero-order valence-electron chi connectivity index (χ0n) is 8.70. The topological polar surface area (TPSA) is 38.9 Å². The third-order valence-corrected chi connectivity index (χ3v) is 2.52. The van der Waals surface area contributed by atoms with E-state index in [9.17, 15) is 4.39 Å². The number of halogens is 2. The zero-order chi connectivity index (χ0) is 11.5. The molecule has 0 aliphatic rings. The molecular weight excluding hydrogens is 275 g/mol. The second-order valence-electron chi connectivity index (χ2n) is 3.42. The second kappa shape index (κ2) is 4.74. The molecule has 0 unspecified atom stereocenters. The van der Waals surface area contributed by atoms with Crippen molar-refractivity contribution >= 4 is 15.9 Å². The van der Waals surface area contributed by atoms with Crippen molar-refractivity contribution in [3.8, 4) is 11.5 Å². The first kappa shape index (κ1) is 11.3. The van der Waals surface area contributed by atoms with Gasteiger partial charge in [-0.15, -0.1) is 10.2 Å². The Labute approximate surface area is 101 Å². The summed E-state index contributed by atoms with van der Waals surface area (Å²) in [6.07, 6.45) is 0.639. The van der Waals surface area contributed by atoms with E-state index in [-0.39, 0.29) is 11.7 Å². The van der Waals surface area contributed by atoms with Crippen LogP contribution in [0.15, 0.2) is 22.6 Å². The van der Waals surface area contributed by atoms with Gasteiger partial charge in [0.25, 0.3) is 5.89 Å². The van der Waals surface area contributed by atoms with Crippen LogP contribution in [0.4, 0.5) is 4.39 Å². The molecule has 16 heavy (non-hydrogen) atoms. The fourth-order valence-corrected chi connectivity index (χ4v) is 1.69. The van der Waals surface area contributed by atoms with E-state index in [2.05, 4.69) is 26.1 Å². The van der Waals surface area contributed by atoms with Gasteiger partial charge >= 0.3 is 0 Å². The molecule has 0 bridgehead atoms. The highest BCUT2D eigenvalue weighted by molar-refractivity contribution is 9.09. The first-order valence-corrected chi connectivity index (χ1v) is 5.97. The molecule has 1 heterocycles. The lowest BCUT2D eigenvalue weighted by Gasteiger charge is -1.98. The number of hydrogen-bond acceptors (Lipinski definition) is 3. The number of aryl methyl sites for hydroxylation is 2. The van der Waals surface area contributed by atoms with Crippen LogP contribution in [0.5, 0.6) is 0 Å². The van der Waals surface area contributed by atoms with Gasteiger partial charge in [-0.2, -0.15) is 0 Å². The van der Waals surface area contributed by atoms with Crippen LogP contribution in [0.25, 0.3) is 11.5 Å². The molecule has 0 aliphatic heterocycles. The van der Waals surface area contributed by atoms with Crippen molar-refractivity contribution in [2.24, 2.45) is 0 Å². The van der Waals surface area contributed by atoms with Gasteiger partial charge in [0.2, 0.25) is 5.89 Å². The van der Waals surface area contributed by atoms with Crippen LogP contribution in [0.1, 0.15) is 11.5 Å². The third kappa shape index (κ3) is 2.29. The van der Waals surface area contributed by atoms with Crippen molar-refractivity contribution < 1.29 is 8.81 Å². The molecule has 0 spiro atoms. The Morgan fingerprint density at radius 3 is 2.94 bits per heavy atom. The molecule has 2 rings (SSSR count). The van der Waals surface area contributed by atoms with Crippen LogP contribution in [0, 0.1) is 12.7 Å². The largest absolute Gasteiger partial charge is 0.421 e. The summed E-state index contributed by atoms with van der Waals surface area (Å²) in [6.45, 7) is 1.89.